The van der Waals surface area contributed by atoms with Crippen molar-refractivity contribution in [3.05, 3.63) is 72.3 Å². The van der Waals surface area contributed by atoms with Crippen molar-refractivity contribution in [3.63, 3.8) is 0 Å². The van der Waals surface area contributed by atoms with Gasteiger partial charge in [0.05, 0.1) is 63.5 Å². The van der Waals surface area contributed by atoms with Gasteiger partial charge in [0.25, 0.3) is 0 Å². The number of carbonyl (C=O) groups excluding carboxylic acids is 12. The molecule has 40 nitrogen and oxygen atoms in total. The Balaban J connectivity index is 1.80. The Morgan fingerprint density at radius 2 is 0.926 bits per heavy atom. The van der Waals surface area contributed by atoms with Gasteiger partial charge in [-0.15, -0.1) is 0 Å². The Hall–Kier alpha value is -10.7. The molecule has 94 heavy (non-hydrogen) atoms. The van der Waals surface area contributed by atoms with Gasteiger partial charge in [-0.1, -0.05) is 30.3 Å². The zero-order valence-electron chi connectivity index (χ0n) is 51.0. The summed E-state index contributed by atoms with van der Waals surface area (Å²) in [5.74, 6) is -17.4. The number of hydrogen-bond donors (Lipinski definition) is 23. The largest absolute Gasteiger partial charge is 0.481 e. The SMILES string of the molecule is C[C@@H](O)[C@H](NC(=O)[C@H](Cc1cnc[nH]1)NC(=O)[C@H](Cc1cnc[nH]1)NC(=O)CNC(=O)[C@H](CO)NC(=O)[C@H](CC(N)=O)NC(=O)[C@H](Cc1ccccc1)NC(=O)[C@H](CC(=O)O)NC(=O)CN)C(=O)N[C@H](C(=O)N[C@H](C(=O)N[C@@H](CCCN=C(N)N)C(=O)O)[C@@H](C)O)[C@@H](C)O. The number of benzene rings is 1. The van der Waals surface area contributed by atoms with Crippen molar-refractivity contribution in [1.82, 2.24) is 78.4 Å². The summed E-state index contributed by atoms with van der Waals surface area (Å²) in [7, 11) is 0. The number of amides is 12. The van der Waals surface area contributed by atoms with Crippen molar-refractivity contribution in [2.24, 2.45) is 27.9 Å². The smallest absolute Gasteiger partial charge is 0.326 e. The molecule has 13 atom stereocenters. The summed E-state index contributed by atoms with van der Waals surface area (Å²) in [6.07, 6.45) is -3.37. The van der Waals surface area contributed by atoms with E-state index in [9.17, 15) is 97.8 Å². The van der Waals surface area contributed by atoms with E-state index in [2.05, 4.69) is 83.4 Å². The topological polar surface area (TPSA) is 666 Å². The fraction of sp³-hybridized carbons (Fsp3) is 0.500. The number of carboxylic acid groups (broad SMARTS) is 2. The number of nitrogens with two attached hydrogens (primary N) is 4. The van der Waals surface area contributed by atoms with Gasteiger partial charge in [0.2, 0.25) is 70.9 Å². The van der Waals surface area contributed by atoms with Crippen LogP contribution in [-0.4, -0.2) is 244 Å². The zero-order valence-corrected chi connectivity index (χ0v) is 51.0. The number of primary amides is 1. The lowest BCUT2D eigenvalue weighted by Crippen LogP contribution is -2.64. The maximum atomic E-state index is 14.2. The van der Waals surface area contributed by atoms with Crippen molar-refractivity contribution in [3.8, 4) is 0 Å². The molecule has 516 valence electrons. The molecule has 3 aromatic rings. The van der Waals surface area contributed by atoms with E-state index < -0.39 is 201 Å². The van der Waals surface area contributed by atoms with Crippen molar-refractivity contribution >= 4 is 88.8 Å². The lowest BCUT2D eigenvalue weighted by molar-refractivity contribution is -0.143. The van der Waals surface area contributed by atoms with Crippen LogP contribution >= 0.6 is 0 Å². The van der Waals surface area contributed by atoms with Crippen LogP contribution in [0.3, 0.4) is 0 Å². The van der Waals surface area contributed by atoms with Gasteiger partial charge in [0.15, 0.2) is 5.96 Å². The number of H-pyrrole nitrogens is 2. The number of guanidine groups is 1. The van der Waals surface area contributed by atoms with Crippen LogP contribution in [0.25, 0.3) is 0 Å². The highest BCUT2D eigenvalue weighted by Crippen LogP contribution is 2.10. The minimum atomic E-state index is -1.99. The van der Waals surface area contributed by atoms with Gasteiger partial charge in [-0.2, -0.15) is 0 Å². The summed E-state index contributed by atoms with van der Waals surface area (Å²) in [4.78, 5) is 202. The summed E-state index contributed by atoms with van der Waals surface area (Å²) in [5.41, 5.74) is 22.1. The molecule has 40 heteroatoms. The van der Waals surface area contributed by atoms with E-state index in [0.29, 0.717) is 5.56 Å². The molecule has 1 aromatic carbocycles. The van der Waals surface area contributed by atoms with Crippen LogP contribution in [0, 0.1) is 0 Å². The summed E-state index contributed by atoms with van der Waals surface area (Å²) in [5, 5.41) is 85.8. The highest BCUT2D eigenvalue weighted by molar-refractivity contribution is 6.00. The highest BCUT2D eigenvalue weighted by atomic mass is 16.4. The lowest BCUT2D eigenvalue weighted by atomic mass is 10.0. The molecule has 0 radical (unpaired) electrons. The fourth-order valence-corrected chi connectivity index (χ4v) is 8.56. The zero-order chi connectivity index (χ0) is 70.4. The molecule has 0 saturated carbocycles. The average Bonchev–Trinajstić information content (AvgIpc) is 0.991. The molecule has 0 saturated heterocycles. The molecule has 0 aliphatic heterocycles. The molecular weight excluding hydrogens is 1250 g/mol. The van der Waals surface area contributed by atoms with Gasteiger partial charge < -0.3 is 122 Å². The summed E-state index contributed by atoms with van der Waals surface area (Å²) < 4.78 is 0. The molecule has 0 unspecified atom stereocenters. The highest BCUT2D eigenvalue weighted by Gasteiger charge is 2.39. The minimum Gasteiger partial charge on any atom is -0.481 e. The Bertz CT molecular complexity index is 3110. The number of nitrogens with zero attached hydrogens (tertiary/aromatic N) is 3. The number of carbonyl (C=O) groups is 14. The number of carboxylic acids is 2. The number of aliphatic hydroxyl groups excluding tert-OH is 4. The van der Waals surface area contributed by atoms with Crippen molar-refractivity contribution < 1.29 is 97.8 Å². The van der Waals surface area contributed by atoms with Crippen LogP contribution in [0.2, 0.25) is 0 Å². The van der Waals surface area contributed by atoms with Gasteiger partial charge in [0.1, 0.15) is 60.4 Å². The molecule has 2 heterocycles. The Morgan fingerprint density at radius 3 is 1.36 bits per heavy atom. The Labute approximate surface area is 534 Å². The third-order valence-electron chi connectivity index (χ3n) is 13.4. The number of aromatic amines is 2. The van der Waals surface area contributed by atoms with Crippen LogP contribution in [0.4, 0.5) is 0 Å². The normalized spacial score (nSPS) is 15.1. The fourth-order valence-electron chi connectivity index (χ4n) is 8.56. The van der Waals surface area contributed by atoms with E-state index in [1.165, 1.54) is 25.0 Å². The molecule has 0 aliphatic carbocycles. The van der Waals surface area contributed by atoms with E-state index in [0.717, 1.165) is 20.8 Å². The van der Waals surface area contributed by atoms with Gasteiger partial charge in [-0.25, -0.2) is 14.8 Å². The van der Waals surface area contributed by atoms with Crippen molar-refractivity contribution in [1.29, 1.82) is 0 Å². The molecule has 0 spiro atoms. The summed E-state index contributed by atoms with van der Waals surface area (Å²) in [6.45, 7) is 0.382. The Morgan fingerprint density at radius 1 is 0.511 bits per heavy atom. The number of rotatable bonds is 41. The van der Waals surface area contributed by atoms with E-state index >= 15 is 0 Å². The number of aromatic nitrogens is 4. The maximum absolute atomic E-state index is 14.2. The number of aliphatic imine (C=N–C) groups is 1. The molecule has 0 fully saturated rings. The first kappa shape index (κ1) is 77.5. The maximum Gasteiger partial charge on any atom is 0.326 e. The molecule has 2 aromatic heterocycles. The van der Waals surface area contributed by atoms with Crippen LogP contribution < -0.4 is 81.4 Å². The molecular formula is C54H80N20O20. The minimum absolute atomic E-state index is 0.00113. The van der Waals surface area contributed by atoms with E-state index in [1.807, 2.05) is 0 Å². The van der Waals surface area contributed by atoms with Crippen LogP contribution in [0.1, 0.15) is 63.4 Å². The predicted molar refractivity (Wildman–Crippen MR) is 322 cm³/mol. The van der Waals surface area contributed by atoms with Crippen LogP contribution in [0.15, 0.2) is 60.4 Å². The second-order valence-electron chi connectivity index (χ2n) is 21.1. The van der Waals surface area contributed by atoms with Crippen molar-refractivity contribution in [2.75, 3.05) is 26.2 Å². The average molecular weight is 1330 g/mol. The number of nitrogens with one attached hydrogen (secondary N) is 13. The van der Waals surface area contributed by atoms with Crippen LogP contribution in [-0.2, 0) is 86.4 Å². The second-order valence-corrected chi connectivity index (χ2v) is 21.1. The molecule has 0 bridgehead atoms. The molecule has 12 amide bonds. The first-order chi connectivity index (χ1) is 44.3. The summed E-state index contributed by atoms with van der Waals surface area (Å²) >= 11 is 0. The van der Waals surface area contributed by atoms with Crippen molar-refractivity contribution in [2.45, 2.75) is 144 Å². The quantitative estimate of drug-likeness (QED) is 0.0142. The van der Waals surface area contributed by atoms with Crippen LogP contribution in [0.5, 0.6) is 0 Å². The second kappa shape index (κ2) is 38.9. The molecule has 0 aliphatic rings. The number of hydrogen-bond acceptors (Lipinski definition) is 22. The van der Waals surface area contributed by atoms with E-state index in [4.69, 9.17) is 22.9 Å². The van der Waals surface area contributed by atoms with Gasteiger partial charge in [-0.3, -0.25) is 67.3 Å². The van der Waals surface area contributed by atoms with Gasteiger partial charge >= 0.3 is 11.9 Å². The molecule has 27 N–H and O–H groups in total. The van der Waals surface area contributed by atoms with E-state index in [-0.39, 0.29) is 49.6 Å². The first-order valence-electron chi connectivity index (χ1n) is 28.7. The first-order valence-corrected chi connectivity index (χ1v) is 28.7. The third-order valence-corrected chi connectivity index (χ3v) is 13.4. The number of aliphatic hydroxyl groups is 4. The monoisotopic (exact) mass is 1330 g/mol. The van der Waals surface area contributed by atoms with E-state index in [1.54, 1.807) is 30.3 Å². The Kier molecular flexibility index (Phi) is 32.1. The molecule has 3 rings (SSSR count). The number of imidazole rings is 2. The standard InChI is InChI=1S/C54H80N20O20/c1-24(76)41(50(90)67-30(53(93)94)10-7-11-61-54(57)58)73-52(92)43(26(3)78)74-51(91)42(25(2)77)72-49(89)33(14-29-19-60-23-64-29)69-46(86)32(13-28-18-59-22-63-28)66-39(81)20-62-44(84)36(21-75)71-47(87)34(15-37(56)79)70-45(85)31(12-27-8-5-4-6-9-27)68-48(88)35(16-40(82)83)65-38(80)17-55/h4-6,8-9,18-19,22-26,30-36,41-43,75-78H,7,10-17,20-21,55H2,1-3H3,(H2,56,79)(H,59,63)(H,60,64)(H,62,84)(H,65,80)(H,66,81)(H,67,90)(H,68,88)(H,69,86)(H,70,85)(H,71,87)(H,72,89)(H,73,92)(H,74,91)(H,82,83)(H,93,94)(H4,57,58,61)/t24-,25-,26-,30+,31+,32+,33+,34+,35+,36+,41+,42+,43+/m1/s1. The van der Waals surface area contributed by atoms with Gasteiger partial charge in [0, 0.05) is 49.6 Å². The summed E-state index contributed by atoms with van der Waals surface area (Å²) in [6, 6.07) is -10.0. The lowest BCUT2D eigenvalue weighted by Gasteiger charge is -2.29. The predicted octanol–water partition coefficient (Wildman–Crippen LogP) is -11.3. The third kappa shape index (κ3) is 27.0. The number of aliphatic carboxylic acids is 2. The van der Waals surface area contributed by atoms with Gasteiger partial charge in [-0.05, 0) is 39.2 Å².